The second-order valence-electron chi connectivity index (χ2n) is 7.88. The maximum absolute atomic E-state index is 13.5. The fourth-order valence-corrected chi connectivity index (χ4v) is 3.69. The van der Waals surface area contributed by atoms with Crippen LogP contribution in [0.15, 0.2) is 95.5 Å². The molecular formula is C26H24N4O5. The van der Waals surface area contributed by atoms with Gasteiger partial charge in [0.1, 0.15) is 13.1 Å². The van der Waals surface area contributed by atoms with Crippen LogP contribution in [0.1, 0.15) is 11.3 Å². The Morgan fingerprint density at radius 3 is 2.09 bits per heavy atom. The Labute approximate surface area is 202 Å². The number of aliphatic carboxylic acids is 1. The predicted molar refractivity (Wildman–Crippen MR) is 124 cm³/mol. The molecule has 9 heteroatoms. The summed E-state index contributed by atoms with van der Waals surface area (Å²) in [5, 5.41) is 25.8. The minimum atomic E-state index is -1.06. The molecule has 1 heterocycles. The fraction of sp³-hybridized carbons (Fsp3) is 0.154. The number of hydrogen-bond acceptors (Lipinski definition) is 6. The molecule has 0 fully saturated rings. The van der Waals surface area contributed by atoms with E-state index in [1.165, 1.54) is 14.5 Å². The van der Waals surface area contributed by atoms with Crippen molar-refractivity contribution in [3.8, 4) is 11.6 Å². The molecule has 4 rings (SSSR count). The zero-order chi connectivity index (χ0) is 24.6. The van der Waals surface area contributed by atoms with Crippen molar-refractivity contribution in [3.05, 3.63) is 102 Å². The first-order valence-electron chi connectivity index (χ1n) is 11.0. The maximum atomic E-state index is 13.5. The van der Waals surface area contributed by atoms with Gasteiger partial charge in [0, 0.05) is 24.4 Å². The van der Waals surface area contributed by atoms with Crippen molar-refractivity contribution in [1.82, 2.24) is 10.2 Å². The van der Waals surface area contributed by atoms with Crippen LogP contribution < -0.4 is 14.7 Å². The van der Waals surface area contributed by atoms with E-state index in [0.29, 0.717) is 11.4 Å². The number of carbonyl (C=O) groups is 2. The molecule has 1 amide bonds. The van der Waals surface area contributed by atoms with E-state index in [4.69, 9.17) is 4.52 Å². The molecule has 1 aromatic heterocycles. The van der Waals surface area contributed by atoms with Crippen molar-refractivity contribution in [2.45, 2.75) is 13.1 Å². The minimum absolute atomic E-state index is 0.0688. The van der Waals surface area contributed by atoms with Gasteiger partial charge in [-0.2, -0.15) is 0 Å². The van der Waals surface area contributed by atoms with Crippen molar-refractivity contribution in [3.63, 3.8) is 0 Å². The second kappa shape index (κ2) is 11.0. The van der Waals surface area contributed by atoms with E-state index in [9.17, 15) is 19.8 Å². The lowest BCUT2D eigenvalue weighted by Gasteiger charge is -2.27. The zero-order valence-corrected chi connectivity index (χ0v) is 18.9. The number of carboxylic acid groups (broad SMARTS) is 1. The van der Waals surface area contributed by atoms with Crippen LogP contribution in [0, 0.1) is 0 Å². The molecular weight excluding hydrogens is 448 g/mol. The van der Waals surface area contributed by atoms with Gasteiger partial charge in [-0.15, -0.1) is 0 Å². The number of carboxylic acids is 1. The summed E-state index contributed by atoms with van der Waals surface area (Å²) < 4.78 is 6.29. The SMILES string of the molecule is O=C(O)CN(CC(=O)N(Cc1ccccc1)Cc1c([O-])on[n+]1-c1ccccc1)c1ccccc1. The highest BCUT2D eigenvalue weighted by Crippen LogP contribution is 2.18. The Bertz CT molecular complexity index is 1260. The molecule has 178 valence electrons. The molecule has 4 aromatic rings. The van der Waals surface area contributed by atoms with Crippen LogP contribution in [0.5, 0.6) is 5.95 Å². The minimum Gasteiger partial charge on any atom is -0.539 e. The van der Waals surface area contributed by atoms with Crippen molar-refractivity contribution in [1.29, 1.82) is 0 Å². The topological polar surface area (TPSA) is 114 Å². The second-order valence-corrected chi connectivity index (χ2v) is 7.88. The number of nitrogens with zero attached hydrogens (tertiary/aromatic N) is 4. The van der Waals surface area contributed by atoms with Crippen LogP contribution >= 0.6 is 0 Å². The van der Waals surface area contributed by atoms with E-state index in [0.717, 1.165) is 5.56 Å². The fourth-order valence-electron chi connectivity index (χ4n) is 3.69. The molecule has 0 aliphatic rings. The lowest BCUT2D eigenvalue weighted by Crippen LogP contribution is -2.45. The molecule has 0 aliphatic carbocycles. The highest BCUT2D eigenvalue weighted by molar-refractivity contribution is 5.84. The molecule has 0 saturated carbocycles. The highest BCUT2D eigenvalue weighted by Gasteiger charge is 2.27. The van der Waals surface area contributed by atoms with E-state index in [-0.39, 0.29) is 37.8 Å². The molecule has 3 aromatic carbocycles. The number of anilines is 1. The van der Waals surface area contributed by atoms with Crippen molar-refractivity contribution in [2.24, 2.45) is 0 Å². The van der Waals surface area contributed by atoms with E-state index in [1.807, 2.05) is 54.6 Å². The van der Waals surface area contributed by atoms with Gasteiger partial charge in [-0.1, -0.05) is 66.7 Å². The molecule has 0 bridgehead atoms. The number of amides is 1. The standard InChI is InChI=1S/C26H24N4O5/c31-24(18-28(19-25(32)33)21-12-6-2-7-13-21)29(16-20-10-4-1-5-11-20)17-23-26(34)35-27-30(23)22-14-8-3-9-15-22/h1-15H,16-19H2,(H-,27,32,33,34). The van der Waals surface area contributed by atoms with Gasteiger partial charge in [-0.05, 0) is 22.4 Å². The number of hydrogen-bond donors (Lipinski definition) is 1. The smallest absolute Gasteiger partial charge is 0.323 e. The van der Waals surface area contributed by atoms with Gasteiger partial charge in [0.05, 0.1) is 11.8 Å². The normalized spacial score (nSPS) is 10.6. The largest absolute Gasteiger partial charge is 0.539 e. The van der Waals surface area contributed by atoms with Crippen LogP contribution in [-0.2, 0) is 22.7 Å². The molecule has 9 nitrogen and oxygen atoms in total. The van der Waals surface area contributed by atoms with Gasteiger partial charge in [0.25, 0.3) is 5.69 Å². The quantitative estimate of drug-likeness (QED) is 0.352. The first-order valence-corrected chi connectivity index (χ1v) is 11.0. The summed E-state index contributed by atoms with van der Waals surface area (Å²) in [4.78, 5) is 28.0. The van der Waals surface area contributed by atoms with Crippen LogP contribution in [0.25, 0.3) is 5.69 Å². The summed E-state index contributed by atoms with van der Waals surface area (Å²) >= 11 is 0. The van der Waals surface area contributed by atoms with Gasteiger partial charge in [0.15, 0.2) is 5.95 Å². The summed E-state index contributed by atoms with van der Waals surface area (Å²) in [6, 6.07) is 27.2. The van der Waals surface area contributed by atoms with Gasteiger partial charge in [-0.25, -0.2) is 0 Å². The molecule has 0 aliphatic heterocycles. The first kappa shape index (κ1) is 23.5. The number of benzene rings is 3. The average molecular weight is 473 g/mol. The van der Waals surface area contributed by atoms with Gasteiger partial charge in [-0.3, -0.25) is 9.59 Å². The molecule has 35 heavy (non-hydrogen) atoms. The third-order valence-corrected chi connectivity index (χ3v) is 5.38. The lowest BCUT2D eigenvalue weighted by molar-refractivity contribution is -0.678. The molecule has 0 radical (unpaired) electrons. The van der Waals surface area contributed by atoms with Crippen molar-refractivity contribution >= 4 is 17.6 Å². The monoisotopic (exact) mass is 472 g/mol. The number of carbonyl (C=O) groups excluding carboxylic acids is 1. The summed E-state index contributed by atoms with van der Waals surface area (Å²) in [5.74, 6) is -2.05. The summed E-state index contributed by atoms with van der Waals surface area (Å²) in [7, 11) is 0. The lowest BCUT2D eigenvalue weighted by atomic mass is 10.2. The van der Waals surface area contributed by atoms with Gasteiger partial charge >= 0.3 is 5.97 Å². The molecule has 0 unspecified atom stereocenters. The van der Waals surface area contributed by atoms with Crippen LogP contribution in [-0.4, -0.2) is 40.2 Å². The van der Waals surface area contributed by atoms with E-state index >= 15 is 0 Å². The summed E-state index contributed by atoms with van der Waals surface area (Å²) in [6.45, 7) is -0.386. The Morgan fingerprint density at radius 2 is 1.46 bits per heavy atom. The average Bonchev–Trinajstić information content (AvgIpc) is 3.24. The first-order chi connectivity index (χ1) is 17.0. The molecule has 0 spiro atoms. The number of para-hydroxylation sites is 2. The van der Waals surface area contributed by atoms with E-state index in [1.54, 1.807) is 36.4 Å². The third kappa shape index (κ3) is 6.02. The third-order valence-electron chi connectivity index (χ3n) is 5.38. The van der Waals surface area contributed by atoms with E-state index in [2.05, 4.69) is 5.27 Å². The Morgan fingerprint density at radius 1 is 0.857 bits per heavy atom. The Hall–Kier alpha value is -4.66. The van der Waals surface area contributed by atoms with Crippen LogP contribution in [0.4, 0.5) is 5.69 Å². The molecule has 1 N–H and O–H groups in total. The van der Waals surface area contributed by atoms with Gasteiger partial charge < -0.3 is 24.5 Å². The number of rotatable bonds is 10. The van der Waals surface area contributed by atoms with Crippen molar-refractivity contribution in [2.75, 3.05) is 18.0 Å². The summed E-state index contributed by atoms with van der Waals surface area (Å²) in [6.07, 6.45) is 0. The predicted octanol–water partition coefficient (Wildman–Crippen LogP) is 2.14. The van der Waals surface area contributed by atoms with E-state index < -0.39 is 11.9 Å². The Kier molecular flexibility index (Phi) is 7.37. The molecule has 0 saturated heterocycles. The molecule has 0 atom stereocenters. The Balaban J connectivity index is 1.64. The number of aromatic nitrogens is 2. The summed E-state index contributed by atoms with van der Waals surface area (Å²) in [5.41, 5.74) is 2.28. The van der Waals surface area contributed by atoms with Gasteiger partial charge in [0.2, 0.25) is 11.6 Å². The van der Waals surface area contributed by atoms with Crippen LogP contribution in [0.3, 0.4) is 0 Å². The highest BCUT2D eigenvalue weighted by atomic mass is 16.6. The van der Waals surface area contributed by atoms with Crippen molar-refractivity contribution < 1.29 is 29.0 Å². The van der Waals surface area contributed by atoms with Crippen LogP contribution in [0.2, 0.25) is 0 Å². The maximum Gasteiger partial charge on any atom is 0.323 e. The zero-order valence-electron chi connectivity index (χ0n) is 18.9.